The number of carbonyl (C=O) groups excluding carboxylic acids is 1. The fourth-order valence-electron chi connectivity index (χ4n) is 2.20. The van der Waals surface area contributed by atoms with Crippen molar-refractivity contribution in [1.82, 2.24) is 5.43 Å². The van der Waals surface area contributed by atoms with Gasteiger partial charge in [-0.05, 0) is 66.9 Å². The van der Waals surface area contributed by atoms with Crippen molar-refractivity contribution in [3.8, 4) is 17.2 Å². The quantitative estimate of drug-likeness (QED) is 0.620. The molecular formula is C19H22N2O4. The van der Waals surface area contributed by atoms with Gasteiger partial charge in [-0.25, -0.2) is 5.43 Å². The van der Waals surface area contributed by atoms with Crippen LogP contribution in [0.15, 0.2) is 41.5 Å². The third kappa shape index (κ3) is 4.97. The van der Waals surface area contributed by atoms with Crippen molar-refractivity contribution in [2.24, 2.45) is 5.10 Å². The van der Waals surface area contributed by atoms with E-state index in [-0.39, 0.29) is 12.5 Å². The summed E-state index contributed by atoms with van der Waals surface area (Å²) < 4.78 is 15.7. The van der Waals surface area contributed by atoms with Crippen molar-refractivity contribution in [2.45, 2.75) is 13.8 Å². The van der Waals surface area contributed by atoms with Crippen molar-refractivity contribution in [3.05, 3.63) is 53.1 Å². The average Bonchev–Trinajstić information content (AvgIpc) is 2.64. The maximum atomic E-state index is 11.8. The number of carbonyl (C=O) groups is 1. The molecule has 0 spiro atoms. The number of methoxy groups -OCH3 is 2. The van der Waals surface area contributed by atoms with E-state index in [1.54, 1.807) is 44.7 Å². The van der Waals surface area contributed by atoms with E-state index in [1.807, 2.05) is 26.0 Å². The van der Waals surface area contributed by atoms with Crippen LogP contribution >= 0.6 is 0 Å². The van der Waals surface area contributed by atoms with Gasteiger partial charge in [0.1, 0.15) is 17.2 Å². The van der Waals surface area contributed by atoms with Gasteiger partial charge in [0, 0.05) is 0 Å². The van der Waals surface area contributed by atoms with E-state index < -0.39 is 0 Å². The molecule has 0 aliphatic heterocycles. The van der Waals surface area contributed by atoms with Crippen LogP contribution in [0.5, 0.6) is 17.2 Å². The fourth-order valence-corrected chi connectivity index (χ4v) is 2.20. The molecule has 0 aromatic heterocycles. The Morgan fingerprint density at radius 3 is 2.32 bits per heavy atom. The standard InChI is InChI=1S/C19H22N2O4/c1-13-14(2)18(24-4)10-5-15(13)11-20-21-19(22)12-25-17-8-6-16(23-3)7-9-17/h5-11H,12H2,1-4H3,(H,21,22)/b20-11+. The lowest BCUT2D eigenvalue weighted by Crippen LogP contribution is -2.24. The molecule has 1 amide bonds. The molecule has 6 nitrogen and oxygen atoms in total. The number of nitrogens with zero attached hydrogens (tertiary/aromatic N) is 1. The first-order chi connectivity index (χ1) is 12.0. The summed E-state index contributed by atoms with van der Waals surface area (Å²) in [5, 5.41) is 3.97. The Morgan fingerprint density at radius 2 is 1.68 bits per heavy atom. The van der Waals surface area contributed by atoms with Gasteiger partial charge in [-0.1, -0.05) is 0 Å². The van der Waals surface area contributed by atoms with Crippen LogP contribution in [-0.2, 0) is 4.79 Å². The lowest BCUT2D eigenvalue weighted by molar-refractivity contribution is -0.123. The average molecular weight is 342 g/mol. The van der Waals surface area contributed by atoms with Gasteiger partial charge >= 0.3 is 0 Å². The highest BCUT2D eigenvalue weighted by molar-refractivity contribution is 5.85. The van der Waals surface area contributed by atoms with Crippen molar-refractivity contribution in [1.29, 1.82) is 0 Å². The van der Waals surface area contributed by atoms with Crippen LogP contribution in [-0.4, -0.2) is 32.9 Å². The minimum absolute atomic E-state index is 0.121. The monoisotopic (exact) mass is 342 g/mol. The summed E-state index contributed by atoms with van der Waals surface area (Å²) in [4.78, 5) is 11.8. The third-order valence-electron chi connectivity index (χ3n) is 3.82. The van der Waals surface area contributed by atoms with Gasteiger partial charge in [0.05, 0.1) is 20.4 Å². The second-order valence-electron chi connectivity index (χ2n) is 5.36. The Bertz CT molecular complexity index is 755. The maximum Gasteiger partial charge on any atom is 0.277 e. The van der Waals surface area contributed by atoms with Gasteiger partial charge in [-0.2, -0.15) is 5.10 Å². The predicted octanol–water partition coefficient (Wildman–Crippen LogP) is 2.85. The number of ether oxygens (including phenoxy) is 3. The summed E-state index contributed by atoms with van der Waals surface area (Å²) in [5.41, 5.74) is 5.45. The molecule has 1 N–H and O–H groups in total. The number of nitrogens with one attached hydrogen (secondary N) is 1. The molecule has 0 fully saturated rings. The van der Waals surface area contributed by atoms with Crippen LogP contribution in [0.1, 0.15) is 16.7 Å². The normalized spacial score (nSPS) is 10.6. The van der Waals surface area contributed by atoms with Gasteiger partial charge in [0.15, 0.2) is 6.61 Å². The molecule has 0 saturated carbocycles. The minimum atomic E-state index is -0.338. The molecular weight excluding hydrogens is 320 g/mol. The van der Waals surface area contributed by atoms with Gasteiger partial charge in [0.2, 0.25) is 0 Å². The Labute approximate surface area is 147 Å². The van der Waals surface area contributed by atoms with Gasteiger partial charge in [-0.15, -0.1) is 0 Å². The van der Waals surface area contributed by atoms with Gasteiger partial charge < -0.3 is 14.2 Å². The highest BCUT2D eigenvalue weighted by Crippen LogP contribution is 2.22. The van der Waals surface area contributed by atoms with E-state index in [0.29, 0.717) is 5.75 Å². The minimum Gasteiger partial charge on any atom is -0.497 e. The van der Waals surface area contributed by atoms with Crippen LogP contribution in [0, 0.1) is 13.8 Å². The molecule has 0 atom stereocenters. The number of hydrogen-bond donors (Lipinski definition) is 1. The Kier molecular flexibility index (Phi) is 6.39. The zero-order valence-electron chi connectivity index (χ0n) is 14.8. The molecule has 0 aliphatic rings. The van der Waals surface area contributed by atoms with Gasteiger partial charge in [0.25, 0.3) is 5.91 Å². The Balaban J connectivity index is 1.87. The molecule has 0 unspecified atom stereocenters. The highest BCUT2D eigenvalue weighted by Gasteiger charge is 2.05. The molecule has 0 radical (unpaired) electrons. The molecule has 132 valence electrons. The summed E-state index contributed by atoms with van der Waals surface area (Å²) in [6.45, 7) is 3.84. The van der Waals surface area contributed by atoms with Crippen molar-refractivity contribution in [3.63, 3.8) is 0 Å². The Morgan fingerprint density at radius 1 is 1.00 bits per heavy atom. The number of amides is 1. The van der Waals surface area contributed by atoms with E-state index in [2.05, 4.69) is 10.5 Å². The smallest absolute Gasteiger partial charge is 0.277 e. The molecule has 0 aliphatic carbocycles. The van der Waals surface area contributed by atoms with E-state index in [0.717, 1.165) is 28.2 Å². The SMILES string of the molecule is COc1ccc(OCC(=O)N/N=C/c2ccc(OC)c(C)c2C)cc1. The summed E-state index contributed by atoms with van der Waals surface area (Å²) >= 11 is 0. The Hall–Kier alpha value is -3.02. The first-order valence-electron chi connectivity index (χ1n) is 7.78. The first-order valence-corrected chi connectivity index (χ1v) is 7.78. The molecule has 0 heterocycles. The van der Waals surface area contributed by atoms with Crippen LogP contribution in [0.2, 0.25) is 0 Å². The lowest BCUT2D eigenvalue weighted by Gasteiger charge is -2.09. The number of hydrogen-bond acceptors (Lipinski definition) is 5. The summed E-state index contributed by atoms with van der Waals surface area (Å²) in [6, 6.07) is 10.8. The van der Waals surface area contributed by atoms with Crippen molar-refractivity contribution >= 4 is 12.1 Å². The van der Waals surface area contributed by atoms with E-state index in [1.165, 1.54) is 0 Å². The largest absolute Gasteiger partial charge is 0.497 e. The van der Waals surface area contributed by atoms with E-state index >= 15 is 0 Å². The molecule has 25 heavy (non-hydrogen) atoms. The first kappa shape index (κ1) is 18.3. The predicted molar refractivity (Wildman–Crippen MR) is 96.7 cm³/mol. The van der Waals surface area contributed by atoms with Crippen LogP contribution in [0.3, 0.4) is 0 Å². The van der Waals surface area contributed by atoms with Crippen LogP contribution in [0.4, 0.5) is 0 Å². The van der Waals surface area contributed by atoms with Crippen LogP contribution < -0.4 is 19.6 Å². The molecule has 2 aromatic rings. The topological polar surface area (TPSA) is 69.2 Å². The number of hydrazone groups is 1. The third-order valence-corrected chi connectivity index (χ3v) is 3.82. The number of rotatable bonds is 7. The summed E-state index contributed by atoms with van der Waals surface area (Å²) in [5.74, 6) is 1.80. The fraction of sp³-hybridized carbons (Fsp3) is 0.263. The molecule has 0 bridgehead atoms. The second kappa shape index (κ2) is 8.73. The maximum absolute atomic E-state index is 11.8. The highest BCUT2D eigenvalue weighted by atomic mass is 16.5. The van der Waals surface area contributed by atoms with E-state index in [4.69, 9.17) is 14.2 Å². The second-order valence-corrected chi connectivity index (χ2v) is 5.36. The zero-order chi connectivity index (χ0) is 18.2. The van der Waals surface area contributed by atoms with Crippen molar-refractivity contribution in [2.75, 3.05) is 20.8 Å². The lowest BCUT2D eigenvalue weighted by atomic mass is 10.0. The van der Waals surface area contributed by atoms with Gasteiger partial charge in [-0.3, -0.25) is 4.79 Å². The van der Waals surface area contributed by atoms with Crippen LogP contribution in [0.25, 0.3) is 0 Å². The number of benzene rings is 2. The molecule has 0 saturated heterocycles. The molecule has 2 aromatic carbocycles. The summed E-state index contributed by atoms with van der Waals surface area (Å²) in [6.07, 6.45) is 1.60. The summed E-state index contributed by atoms with van der Waals surface area (Å²) in [7, 11) is 3.23. The molecule has 6 heteroatoms. The van der Waals surface area contributed by atoms with Crippen molar-refractivity contribution < 1.29 is 19.0 Å². The molecule has 2 rings (SSSR count). The zero-order valence-corrected chi connectivity index (χ0v) is 14.8. The van der Waals surface area contributed by atoms with E-state index in [9.17, 15) is 4.79 Å².